The molecule has 0 atom stereocenters. The van der Waals surface area contributed by atoms with Crippen LogP contribution in [0.3, 0.4) is 0 Å². The Morgan fingerprint density at radius 2 is 2.00 bits per heavy atom. The van der Waals surface area contributed by atoms with Gasteiger partial charge >= 0.3 is 0 Å². The van der Waals surface area contributed by atoms with Gasteiger partial charge < -0.3 is 9.88 Å². The predicted molar refractivity (Wildman–Crippen MR) is 66.1 cm³/mol. The van der Waals surface area contributed by atoms with Gasteiger partial charge in [-0.1, -0.05) is 0 Å². The average Bonchev–Trinajstić information content (AvgIpc) is 2.86. The Labute approximate surface area is 99.6 Å². The topological polar surface area (TPSA) is 57.7 Å². The first-order valence-electron chi connectivity index (χ1n) is 6.00. The molecule has 1 aliphatic rings. The van der Waals surface area contributed by atoms with Crippen molar-refractivity contribution in [3.05, 3.63) is 24.5 Å². The van der Waals surface area contributed by atoms with E-state index in [0.29, 0.717) is 0 Å². The minimum Gasteiger partial charge on any atom is -0.377 e. The zero-order chi connectivity index (χ0) is 11.5. The van der Waals surface area contributed by atoms with E-state index in [0.717, 1.165) is 29.9 Å². The third-order valence-electron chi connectivity index (χ3n) is 3.09. The Balaban J connectivity index is 1.83. The molecule has 1 N–H and O–H groups in total. The van der Waals surface area contributed by atoms with Gasteiger partial charge in [0.05, 0.1) is 12.0 Å². The molecule has 1 fully saturated rings. The third-order valence-corrected chi connectivity index (χ3v) is 3.09. The number of nitrogens with zero attached hydrogens (tertiary/aromatic N) is 4. The summed E-state index contributed by atoms with van der Waals surface area (Å²) in [6, 6.07) is 0. The molecule has 0 amide bonds. The van der Waals surface area contributed by atoms with Gasteiger partial charge in [-0.2, -0.15) is 0 Å². The molecule has 0 radical (unpaired) electrons. The maximum atomic E-state index is 4.27. The van der Waals surface area contributed by atoms with Crippen LogP contribution in [0.5, 0.6) is 0 Å². The number of hydrogen-bond donors (Lipinski definition) is 1. The second kappa shape index (κ2) is 4.53. The normalized spacial score (nSPS) is 17.1. The first-order valence-corrected chi connectivity index (χ1v) is 6.00. The number of nitrogens with one attached hydrogen (secondary N) is 1. The average molecular weight is 229 g/mol. The van der Waals surface area contributed by atoms with E-state index in [9.17, 15) is 0 Å². The van der Waals surface area contributed by atoms with Gasteiger partial charge in [0.15, 0.2) is 5.65 Å². The van der Waals surface area contributed by atoms with Crippen LogP contribution in [0.25, 0.3) is 17.2 Å². The lowest BCUT2D eigenvalue weighted by Gasteiger charge is -2.24. The van der Waals surface area contributed by atoms with Gasteiger partial charge in [-0.25, -0.2) is 15.0 Å². The summed E-state index contributed by atoms with van der Waals surface area (Å²) in [6.07, 6.45) is 11.3. The number of aromatic nitrogens is 4. The molecule has 1 aliphatic heterocycles. The van der Waals surface area contributed by atoms with Crippen LogP contribution in [0.2, 0.25) is 0 Å². The van der Waals surface area contributed by atoms with E-state index in [1.165, 1.54) is 19.3 Å². The summed E-state index contributed by atoms with van der Waals surface area (Å²) in [6.45, 7) is 2.29. The minimum atomic E-state index is 0.721. The highest BCUT2D eigenvalue weighted by atomic mass is 15.1. The Hall–Kier alpha value is -1.91. The van der Waals surface area contributed by atoms with Crippen LogP contribution >= 0.6 is 0 Å². The Kier molecular flexibility index (Phi) is 2.73. The smallest absolute Gasteiger partial charge is 0.181 e. The van der Waals surface area contributed by atoms with Crippen LogP contribution in [0.1, 0.15) is 25.0 Å². The van der Waals surface area contributed by atoms with Crippen LogP contribution in [-0.4, -0.2) is 37.9 Å². The van der Waals surface area contributed by atoms with Gasteiger partial charge in [0.1, 0.15) is 11.8 Å². The molecule has 2 aromatic rings. The molecule has 5 heteroatoms. The summed E-state index contributed by atoms with van der Waals surface area (Å²) in [5.74, 6) is 0. The molecule has 3 rings (SSSR count). The molecule has 3 heterocycles. The van der Waals surface area contributed by atoms with Crippen molar-refractivity contribution in [2.75, 3.05) is 13.1 Å². The van der Waals surface area contributed by atoms with Crippen LogP contribution in [0, 0.1) is 0 Å². The molecule has 17 heavy (non-hydrogen) atoms. The first-order chi connectivity index (χ1) is 8.43. The molecule has 5 nitrogen and oxygen atoms in total. The summed E-state index contributed by atoms with van der Waals surface area (Å²) in [5.41, 5.74) is 2.53. The molecule has 0 saturated carbocycles. The lowest BCUT2D eigenvalue weighted by molar-refractivity contribution is 0.311. The molecule has 1 saturated heterocycles. The number of piperidine rings is 1. The molecule has 0 bridgehead atoms. The Bertz CT molecular complexity index is 524. The largest absolute Gasteiger partial charge is 0.377 e. The monoisotopic (exact) mass is 229 g/mol. The van der Waals surface area contributed by atoms with Crippen molar-refractivity contribution in [1.29, 1.82) is 0 Å². The number of aromatic amines is 1. The Morgan fingerprint density at radius 3 is 2.88 bits per heavy atom. The van der Waals surface area contributed by atoms with Crippen molar-refractivity contribution < 1.29 is 0 Å². The molecular weight excluding hydrogens is 214 g/mol. The number of fused-ring (bicyclic) bond motifs is 1. The standard InChI is InChI=1S/C12H15N5/c1-2-5-17(6-3-1)7-4-10-11-12(15-8-13-10)16-9-14-11/h4,7-9H,1-3,5-6H2,(H,13,14,15,16)/b7-4+. The van der Waals surface area contributed by atoms with Gasteiger partial charge in [0.25, 0.3) is 0 Å². The highest BCUT2D eigenvalue weighted by molar-refractivity contribution is 5.78. The molecule has 2 aromatic heterocycles. The zero-order valence-electron chi connectivity index (χ0n) is 9.63. The quantitative estimate of drug-likeness (QED) is 0.853. The molecular formula is C12H15N5. The number of hydrogen-bond acceptors (Lipinski definition) is 4. The van der Waals surface area contributed by atoms with E-state index >= 15 is 0 Å². The zero-order valence-corrected chi connectivity index (χ0v) is 9.63. The molecule has 88 valence electrons. The van der Waals surface area contributed by atoms with Crippen LogP contribution in [0.15, 0.2) is 18.9 Å². The fourth-order valence-electron chi connectivity index (χ4n) is 2.15. The summed E-state index contributed by atoms with van der Waals surface area (Å²) in [4.78, 5) is 17.9. The predicted octanol–water partition coefficient (Wildman–Crippen LogP) is 1.81. The van der Waals surface area contributed by atoms with Gasteiger partial charge in [-0.15, -0.1) is 0 Å². The number of likely N-dealkylation sites (tertiary alicyclic amines) is 1. The first kappa shape index (κ1) is 10.3. The second-order valence-electron chi connectivity index (χ2n) is 4.27. The van der Waals surface area contributed by atoms with Crippen LogP contribution in [0.4, 0.5) is 0 Å². The lowest BCUT2D eigenvalue weighted by Crippen LogP contribution is -2.23. The van der Waals surface area contributed by atoms with Gasteiger partial charge in [0.2, 0.25) is 0 Å². The maximum absolute atomic E-state index is 4.27. The van der Waals surface area contributed by atoms with Gasteiger partial charge in [-0.05, 0) is 25.3 Å². The van der Waals surface area contributed by atoms with E-state index in [1.807, 2.05) is 6.08 Å². The third kappa shape index (κ3) is 2.13. The van der Waals surface area contributed by atoms with Gasteiger partial charge in [0, 0.05) is 19.3 Å². The van der Waals surface area contributed by atoms with Crippen molar-refractivity contribution in [1.82, 2.24) is 24.8 Å². The van der Waals surface area contributed by atoms with Crippen molar-refractivity contribution in [3.8, 4) is 0 Å². The minimum absolute atomic E-state index is 0.721. The van der Waals surface area contributed by atoms with E-state index < -0.39 is 0 Å². The molecule has 0 spiro atoms. The van der Waals surface area contributed by atoms with Crippen molar-refractivity contribution in [3.63, 3.8) is 0 Å². The second-order valence-corrected chi connectivity index (χ2v) is 4.27. The van der Waals surface area contributed by atoms with Crippen molar-refractivity contribution >= 4 is 17.2 Å². The van der Waals surface area contributed by atoms with E-state index in [4.69, 9.17) is 0 Å². The maximum Gasteiger partial charge on any atom is 0.181 e. The molecule has 0 aliphatic carbocycles. The molecule has 0 unspecified atom stereocenters. The van der Waals surface area contributed by atoms with Crippen molar-refractivity contribution in [2.24, 2.45) is 0 Å². The van der Waals surface area contributed by atoms with Crippen LogP contribution in [-0.2, 0) is 0 Å². The molecule has 0 aromatic carbocycles. The lowest BCUT2D eigenvalue weighted by atomic mass is 10.1. The fourth-order valence-corrected chi connectivity index (χ4v) is 2.15. The number of H-pyrrole nitrogens is 1. The number of imidazole rings is 1. The summed E-state index contributed by atoms with van der Waals surface area (Å²) >= 11 is 0. The van der Waals surface area contributed by atoms with Crippen molar-refractivity contribution in [2.45, 2.75) is 19.3 Å². The fraction of sp³-hybridized carbons (Fsp3) is 0.417. The van der Waals surface area contributed by atoms with E-state index in [2.05, 4.69) is 31.0 Å². The van der Waals surface area contributed by atoms with E-state index in [1.54, 1.807) is 12.7 Å². The SMILES string of the molecule is C(=C\N1CCCCC1)/c1ncnc2nc[nH]c12. The summed E-state index contributed by atoms with van der Waals surface area (Å²) < 4.78 is 0. The van der Waals surface area contributed by atoms with Crippen LogP contribution < -0.4 is 0 Å². The summed E-state index contributed by atoms with van der Waals surface area (Å²) in [7, 11) is 0. The Morgan fingerprint density at radius 1 is 1.12 bits per heavy atom. The summed E-state index contributed by atoms with van der Waals surface area (Å²) in [5, 5.41) is 0. The highest BCUT2D eigenvalue weighted by Crippen LogP contribution is 2.13. The van der Waals surface area contributed by atoms with E-state index in [-0.39, 0.29) is 0 Å². The number of rotatable bonds is 2. The highest BCUT2D eigenvalue weighted by Gasteiger charge is 2.06. The van der Waals surface area contributed by atoms with Gasteiger partial charge in [-0.3, -0.25) is 0 Å².